The van der Waals surface area contributed by atoms with E-state index in [1.807, 2.05) is 6.07 Å². The van der Waals surface area contributed by atoms with Gasteiger partial charge in [-0.2, -0.15) is 23.5 Å². The Bertz CT molecular complexity index is 1820. The molecule has 200 valence electrons. The second-order valence-electron chi connectivity index (χ2n) is 8.66. The molecule has 2 heterocycles. The highest BCUT2D eigenvalue weighted by Gasteiger charge is 2.41. The van der Waals surface area contributed by atoms with Gasteiger partial charge in [0.1, 0.15) is 5.69 Å². The van der Waals surface area contributed by atoms with Crippen LogP contribution >= 0.6 is 0 Å². The molecule has 0 saturated heterocycles. The molecule has 0 saturated carbocycles. The number of hydrogen-bond donors (Lipinski definition) is 2. The smallest absolute Gasteiger partial charge is 0.366 e. The zero-order chi connectivity index (χ0) is 28.9. The number of rotatable bonds is 6. The lowest BCUT2D eigenvalue weighted by Crippen LogP contribution is -2.21. The third-order valence-electron chi connectivity index (χ3n) is 6.00. The highest BCUT2D eigenvalue weighted by molar-refractivity contribution is 7.90. The van der Waals surface area contributed by atoms with Gasteiger partial charge in [-0.05, 0) is 42.8 Å². The predicted molar refractivity (Wildman–Crippen MR) is 133 cm³/mol. The van der Waals surface area contributed by atoms with Gasteiger partial charge in [0.15, 0.2) is 15.5 Å². The van der Waals surface area contributed by atoms with E-state index in [-0.39, 0.29) is 28.0 Å². The fourth-order valence-electron chi connectivity index (χ4n) is 4.21. The minimum atomic E-state index is -5.05. The summed E-state index contributed by atoms with van der Waals surface area (Å²) in [5.74, 6) is -2.48. The van der Waals surface area contributed by atoms with Gasteiger partial charge in [-0.1, -0.05) is 12.1 Å². The Labute approximate surface area is 219 Å². The van der Waals surface area contributed by atoms with Gasteiger partial charge in [0.25, 0.3) is 5.91 Å². The Kier molecular flexibility index (Phi) is 6.65. The number of halogens is 3. The van der Waals surface area contributed by atoms with Crippen molar-refractivity contribution in [1.82, 2.24) is 14.8 Å². The standard InChI is InChI=1S/C25H19F3N6O4S/c1-12-18(22(25(26,27)28)33-34(12)11-14-5-3-13(10-29)4-6-14)20-19(23(30)35)16-9-15(39(2,37)38)7-8-17(16)32-21(20)24(31)36/h3-9H,11H2,1-2H3,(H2,30,35)(H2,31,36). The molecule has 0 atom stereocenters. The third-order valence-corrected chi connectivity index (χ3v) is 7.11. The molecule has 0 radical (unpaired) electrons. The number of aromatic nitrogens is 3. The number of benzene rings is 2. The summed E-state index contributed by atoms with van der Waals surface area (Å²) in [6.45, 7) is 1.14. The fraction of sp³-hybridized carbons (Fsp3) is 0.160. The second kappa shape index (κ2) is 9.52. The molecule has 0 aliphatic carbocycles. The summed E-state index contributed by atoms with van der Waals surface area (Å²) in [6, 6.07) is 11.4. The molecule has 2 aromatic heterocycles. The predicted octanol–water partition coefficient (Wildman–Crippen LogP) is 2.95. The van der Waals surface area contributed by atoms with Gasteiger partial charge in [-0.3, -0.25) is 14.3 Å². The normalized spacial score (nSPS) is 11.9. The maximum atomic E-state index is 14.3. The van der Waals surface area contributed by atoms with Crippen LogP contribution in [0, 0.1) is 18.3 Å². The summed E-state index contributed by atoms with van der Waals surface area (Å²) < 4.78 is 68.3. The molecule has 14 heteroatoms. The van der Waals surface area contributed by atoms with Crippen LogP contribution in [0.3, 0.4) is 0 Å². The Balaban J connectivity index is 2.11. The van der Waals surface area contributed by atoms with Gasteiger partial charge in [0, 0.05) is 28.5 Å². The Morgan fingerprint density at radius 3 is 2.21 bits per heavy atom. The molecular formula is C25H19F3N6O4S. The minimum absolute atomic E-state index is 0.0788. The number of carbonyl (C=O) groups excluding carboxylic acids is 2. The molecule has 0 spiro atoms. The van der Waals surface area contributed by atoms with E-state index >= 15 is 0 Å². The first-order chi connectivity index (χ1) is 18.1. The SMILES string of the molecule is Cc1c(-c2c(C(N)=O)nc3ccc(S(C)(=O)=O)cc3c2C(N)=O)c(C(F)(F)F)nn1Cc1ccc(C#N)cc1. The van der Waals surface area contributed by atoms with Crippen molar-refractivity contribution in [2.75, 3.05) is 6.26 Å². The molecule has 0 fully saturated rings. The van der Waals surface area contributed by atoms with Crippen LogP contribution in [0.4, 0.5) is 13.2 Å². The topological polar surface area (TPSA) is 175 Å². The van der Waals surface area contributed by atoms with Crippen LogP contribution in [0.15, 0.2) is 47.4 Å². The van der Waals surface area contributed by atoms with Crippen molar-refractivity contribution in [2.45, 2.75) is 24.5 Å². The summed E-state index contributed by atoms with van der Waals surface area (Å²) in [4.78, 5) is 29.0. The number of sulfone groups is 1. The van der Waals surface area contributed by atoms with Crippen molar-refractivity contribution in [3.05, 3.63) is 76.2 Å². The largest absolute Gasteiger partial charge is 0.435 e. The van der Waals surface area contributed by atoms with E-state index in [9.17, 15) is 31.2 Å². The van der Waals surface area contributed by atoms with Gasteiger partial charge >= 0.3 is 6.18 Å². The number of primary amides is 2. The molecule has 0 aliphatic rings. The molecule has 39 heavy (non-hydrogen) atoms. The van der Waals surface area contributed by atoms with E-state index in [0.29, 0.717) is 11.1 Å². The van der Waals surface area contributed by atoms with Crippen LogP contribution in [-0.2, 0) is 22.6 Å². The molecule has 0 unspecified atom stereocenters. The van der Waals surface area contributed by atoms with E-state index in [4.69, 9.17) is 16.7 Å². The fourth-order valence-corrected chi connectivity index (χ4v) is 4.85. The first-order valence-electron chi connectivity index (χ1n) is 11.0. The van der Waals surface area contributed by atoms with Gasteiger partial charge in [-0.15, -0.1) is 0 Å². The third kappa shape index (κ3) is 5.04. The number of fused-ring (bicyclic) bond motifs is 1. The second-order valence-corrected chi connectivity index (χ2v) is 10.7. The molecule has 4 aromatic rings. The molecule has 0 aliphatic heterocycles. The van der Waals surface area contributed by atoms with Crippen molar-refractivity contribution in [3.63, 3.8) is 0 Å². The zero-order valence-corrected chi connectivity index (χ0v) is 21.2. The van der Waals surface area contributed by atoms with E-state index in [2.05, 4.69) is 10.1 Å². The average Bonchev–Trinajstić information content (AvgIpc) is 3.18. The van der Waals surface area contributed by atoms with Gasteiger partial charge in [-0.25, -0.2) is 13.4 Å². The van der Waals surface area contributed by atoms with Crippen LogP contribution in [0.25, 0.3) is 22.0 Å². The lowest BCUT2D eigenvalue weighted by Gasteiger charge is -2.16. The van der Waals surface area contributed by atoms with Crippen LogP contribution in [0.2, 0.25) is 0 Å². The Hall–Kier alpha value is -4.77. The summed E-state index contributed by atoms with van der Waals surface area (Å²) >= 11 is 0. The number of nitrogens with zero attached hydrogens (tertiary/aromatic N) is 4. The lowest BCUT2D eigenvalue weighted by molar-refractivity contribution is -0.141. The van der Waals surface area contributed by atoms with Crippen LogP contribution in [0.1, 0.15) is 43.4 Å². The van der Waals surface area contributed by atoms with Gasteiger partial charge < -0.3 is 11.5 Å². The van der Waals surface area contributed by atoms with Crippen LogP contribution in [-0.4, -0.2) is 41.3 Å². The molecule has 10 nitrogen and oxygen atoms in total. The highest BCUT2D eigenvalue weighted by atomic mass is 32.2. The van der Waals surface area contributed by atoms with Crippen molar-refractivity contribution in [1.29, 1.82) is 5.26 Å². The van der Waals surface area contributed by atoms with Crippen molar-refractivity contribution >= 4 is 32.6 Å². The summed E-state index contributed by atoms with van der Waals surface area (Å²) in [5, 5.41) is 12.5. The van der Waals surface area contributed by atoms with E-state index in [0.717, 1.165) is 17.0 Å². The van der Waals surface area contributed by atoms with E-state index in [1.54, 1.807) is 12.1 Å². The number of carbonyl (C=O) groups is 2. The van der Waals surface area contributed by atoms with Crippen molar-refractivity contribution in [2.24, 2.45) is 11.5 Å². The molecule has 2 aromatic carbocycles. The summed E-state index contributed by atoms with van der Waals surface area (Å²) in [5.41, 5.74) is 7.86. The zero-order valence-electron chi connectivity index (χ0n) is 20.4. The van der Waals surface area contributed by atoms with E-state index in [1.165, 1.54) is 31.2 Å². The number of hydrogen-bond acceptors (Lipinski definition) is 7. The number of nitriles is 1. The highest BCUT2D eigenvalue weighted by Crippen LogP contribution is 2.42. The van der Waals surface area contributed by atoms with E-state index < -0.39 is 55.9 Å². The number of pyridine rings is 1. The Morgan fingerprint density at radius 1 is 1.05 bits per heavy atom. The Morgan fingerprint density at radius 2 is 1.69 bits per heavy atom. The molecule has 0 bridgehead atoms. The number of alkyl halides is 3. The minimum Gasteiger partial charge on any atom is -0.366 e. The molecule has 4 N–H and O–H groups in total. The summed E-state index contributed by atoms with van der Waals surface area (Å²) in [6.07, 6.45) is -4.15. The van der Waals surface area contributed by atoms with Crippen molar-refractivity contribution < 1.29 is 31.2 Å². The maximum absolute atomic E-state index is 14.3. The average molecular weight is 557 g/mol. The lowest BCUT2D eigenvalue weighted by atomic mass is 9.92. The molecule has 2 amide bonds. The number of amides is 2. The summed E-state index contributed by atoms with van der Waals surface area (Å²) in [7, 11) is -3.80. The van der Waals surface area contributed by atoms with Gasteiger partial charge in [0.05, 0.1) is 34.2 Å². The first kappa shape index (κ1) is 27.3. The van der Waals surface area contributed by atoms with Crippen LogP contribution in [0.5, 0.6) is 0 Å². The number of nitrogens with two attached hydrogens (primary N) is 2. The molecular weight excluding hydrogens is 537 g/mol. The monoisotopic (exact) mass is 556 g/mol. The quantitative estimate of drug-likeness (QED) is 0.367. The van der Waals surface area contributed by atoms with Crippen molar-refractivity contribution in [3.8, 4) is 17.2 Å². The maximum Gasteiger partial charge on any atom is 0.435 e. The van der Waals surface area contributed by atoms with Gasteiger partial charge in [0.2, 0.25) is 5.91 Å². The first-order valence-corrected chi connectivity index (χ1v) is 12.9. The molecule has 4 rings (SSSR count). The van der Waals surface area contributed by atoms with Crippen LogP contribution < -0.4 is 11.5 Å².